The van der Waals surface area contributed by atoms with Crippen molar-refractivity contribution < 1.29 is 4.79 Å². The molecule has 1 unspecified atom stereocenters. The molecule has 2 aromatic rings. The van der Waals surface area contributed by atoms with E-state index in [1.807, 2.05) is 18.4 Å². The molecule has 0 bridgehead atoms. The number of Topliss-reactive ketones (excluding diaryl/α,β-unsaturated/α-hetero) is 1. The minimum Gasteiger partial charge on any atom is -0.384 e. The number of anilines is 1. The first-order chi connectivity index (χ1) is 15.2. The number of aromatic nitrogens is 2. The van der Waals surface area contributed by atoms with Gasteiger partial charge in [-0.1, -0.05) is 75.1 Å². The number of ketones is 1. The van der Waals surface area contributed by atoms with E-state index in [1.165, 1.54) is 28.7 Å². The second-order valence-corrected chi connectivity index (χ2v) is 11.4. The van der Waals surface area contributed by atoms with Crippen LogP contribution < -0.4 is 10.6 Å². The highest BCUT2D eigenvalue weighted by atomic mass is 32.2. The Morgan fingerprint density at radius 3 is 2.50 bits per heavy atom. The Labute approximate surface area is 197 Å². The fourth-order valence-corrected chi connectivity index (χ4v) is 5.81. The van der Waals surface area contributed by atoms with Gasteiger partial charge in [-0.05, 0) is 35.1 Å². The van der Waals surface area contributed by atoms with Gasteiger partial charge in [0, 0.05) is 17.7 Å². The molecule has 1 aromatic carbocycles. The second-order valence-electron chi connectivity index (χ2n) is 9.36. The molecule has 1 atom stereocenters. The lowest BCUT2D eigenvalue weighted by molar-refractivity contribution is -0.118. The molecule has 0 radical (unpaired) electrons. The van der Waals surface area contributed by atoms with Crippen LogP contribution in [-0.4, -0.2) is 22.2 Å². The fraction of sp³-hybridized carbons (Fsp3) is 0.417. The Morgan fingerprint density at radius 2 is 1.94 bits per heavy atom. The molecule has 0 saturated carbocycles. The third kappa shape index (κ3) is 3.84. The summed E-state index contributed by atoms with van der Waals surface area (Å²) in [5.41, 5.74) is 10.4. The second kappa shape index (κ2) is 8.38. The van der Waals surface area contributed by atoms with Gasteiger partial charge in [0.05, 0.1) is 17.6 Å². The maximum Gasteiger partial charge on any atom is 0.219 e. The van der Waals surface area contributed by atoms with E-state index in [2.05, 4.69) is 56.1 Å². The van der Waals surface area contributed by atoms with Gasteiger partial charge in [0.2, 0.25) is 5.13 Å². The maximum absolute atomic E-state index is 13.5. The predicted molar refractivity (Wildman–Crippen MR) is 129 cm³/mol. The van der Waals surface area contributed by atoms with E-state index >= 15 is 0 Å². The lowest BCUT2D eigenvalue weighted by atomic mass is 9.68. The number of benzene rings is 1. The summed E-state index contributed by atoms with van der Waals surface area (Å²) in [6.07, 6.45) is 3.04. The zero-order valence-corrected chi connectivity index (χ0v) is 20.6. The molecule has 2 aliphatic rings. The highest BCUT2D eigenvalue weighted by molar-refractivity contribution is 8.00. The number of hydrogen-bond acceptors (Lipinski definition) is 8. The highest BCUT2D eigenvalue weighted by Gasteiger charge is 2.45. The number of carbonyl (C=O) groups excluding carboxylic acids is 1. The topological polar surface area (TPSA) is 95.9 Å². The molecule has 166 valence electrons. The van der Waals surface area contributed by atoms with Gasteiger partial charge < -0.3 is 5.73 Å². The van der Waals surface area contributed by atoms with Crippen molar-refractivity contribution in [2.24, 2.45) is 11.1 Å². The minimum atomic E-state index is -0.469. The average molecular weight is 466 g/mol. The summed E-state index contributed by atoms with van der Waals surface area (Å²) in [7, 11) is 0. The summed E-state index contributed by atoms with van der Waals surface area (Å²) in [6, 6.07) is 10.5. The number of nitrogens with zero attached hydrogens (tertiary/aromatic N) is 4. The third-order valence-corrected chi connectivity index (χ3v) is 7.96. The van der Waals surface area contributed by atoms with E-state index in [9.17, 15) is 10.1 Å². The Kier molecular flexibility index (Phi) is 5.91. The molecule has 0 fully saturated rings. The number of rotatable bonds is 4. The van der Waals surface area contributed by atoms with Gasteiger partial charge in [0.1, 0.15) is 5.82 Å². The van der Waals surface area contributed by atoms with Crippen molar-refractivity contribution in [1.29, 1.82) is 5.26 Å². The van der Waals surface area contributed by atoms with E-state index in [4.69, 9.17) is 5.73 Å². The van der Waals surface area contributed by atoms with E-state index in [0.29, 0.717) is 40.9 Å². The first-order valence-electron chi connectivity index (χ1n) is 10.6. The molecule has 8 heteroatoms. The van der Waals surface area contributed by atoms with Crippen molar-refractivity contribution in [3.05, 3.63) is 58.1 Å². The fourth-order valence-electron chi connectivity index (χ4n) is 4.51. The van der Waals surface area contributed by atoms with Gasteiger partial charge in [-0.25, -0.2) is 0 Å². The normalized spacial score (nSPS) is 20.6. The van der Waals surface area contributed by atoms with Gasteiger partial charge >= 0.3 is 0 Å². The Hall–Kier alpha value is -2.63. The van der Waals surface area contributed by atoms with Crippen molar-refractivity contribution in [1.82, 2.24) is 10.2 Å². The molecular weight excluding hydrogens is 438 g/mol. The van der Waals surface area contributed by atoms with Crippen molar-refractivity contribution in [3.63, 3.8) is 0 Å². The molecule has 1 aromatic heterocycles. The zero-order chi connectivity index (χ0) is 23.2. The molecule has 2 N–H and O–H groups in total. The van der Waals surface area contributed by atoms with Gasteiger partial charge in [-0.15, -0.1) is 10.2 Å². The molecule has 4 rings (SSSR count). The summed E-state index contributed by atoms with van der Waals surface area (Å²) in [4.78, 5) is 15.3. The molecule has 1 aliphatic heterocycles. The van der Waals surface area contributed by atoms with Crippen LogP contribution in [-0.2, 0) is 4.79 Å². The number of nitrogens with two attached hydrogens (primary N) is 1. The van der Waals surface area contributed by atoms with Crippen LogP contribution in [0.1, 0.15) is 63.5 Å². The number of carbonyl (C=O) groups is 1. The molecule has 6 nitrogen and oxygen atoms in total. The van der Waals surface area contributed by atoms with Crippen molar-refractivity contribution in [3.8, 4) is 6.07 Å². The Morgan fingerprint density at radius 1 is 1.25 bits per heavy atom. The van der Waals surface area contributed by atoms with Gasteiger partial charge in [-0.3, -0.25) is 9.69 Å². The van der Waals surface area contributed by atoms with E-state index in [0.717, 1.165) is 15.6 Å². The summed E-state index contributed by atoms with van der Waals surface area (Å²) in [6.45, 7) is 8.47. The summed E-state index contributed by atoms with van der Waals surface area (Å²) in [5.74, 6) is 0.327. The molecule has 0 spiro atoms. The molecule has 32 heavy (non-hydrogen) atoms. The monoisotopic (exact) mass is 465 g/mol. The smallest absolute Gasteiger partial charge is 0.219 e. The molecule has 0 amide bonds. The van der Waals surface area contributed by atoms with Crippen LogP contribution in [0.25, 0.3) is 0 Å². The van der Waals surface area contributed by atoms with E-state index < -0.39 is 5.92 Å². The Balaban J connectivity index is 1.94. The first kappa shape index (κ1) is 22.6. The Bertz CT molecular complexity index is 1170. The largest absolute Gasteiger partial charge is 0.384 e. The van der Waals surface area contributed by atoms with Crippen LogP contribution in [0.4, 0.5) is 5.13 Å². The molecule has 0 saturated heterocycles. The number of hydrogen-bond donors (Lipinski definition) is 1. The van der Waals surface area contributed by atoms with E-state index in [1.54, 1.807) is 4.90 Å². The third-order valence-electron chi connectivity index (χ3n) is 6.08. The van der Waals surface area contributed by atoms with Gasteiger partial charge in [-0.2, -0.15) is 5.26 Å². The lowest BCUT2D eigenvalue weighted by Gasteiger charge is -2.42. The van der Waals surface area contributed by atoms with Crippen LogP contribution in [0.2, 0.25) is 0 Å². The van der Waals surface area contributed by atoms with Crippen LogP contribution in [0, 0.1) is 16.7 Å². The first-order valence-corrected chi connectivity index (χ1v) is 12.6. The predicted octanol–water partition coefficient (Wildman–Crippen LogP) is 5.32. The maximum atomic E-state index is 13.5. The van der Waals surface area contributed by atoms with Crippen LogP contribution >= 0.6 is 23.1 Å². The number of thioether (sulfide) groups is 1. The number of allylic oxidation sites excluding steroid dienone is 3. The van der Waals surface area contributed by atoms with Crippen molar-refractivity contribution in [2.45, 2.75) is 56.7 Å². The summed E-state index contributed by atoms with van der Waals surface area (Å²) < 4.78 is 0.807. The summed E-state index contributed by atoms with van der Waals surface area (Å²) >= 11 is 2.92. The lowest BCUT2D eigenvalue weighted by Crippen LogP contribution is -2.42. The zero-order valence-electron chi connectivity index (χ0n) is 19.0. The number of nitriles is 1. The van der Waals surface area contributed by atoms with Gasteiger partial charge in [0.25, 0.3) is 0 Å². The average Bonchev–Trinajstić information content (AvgIpc) is 3.21. The summed E-state index contributed by atoms with van der Waals surface area (Å²) in [5, 5.41) is 19.3. The SMILES string of the molecule is CSc1nnc(N2C(N)=C(C#N)C(c3ccc(C(C)C)cc3)C3=C2CC(C)(C)CC3=O)s1. The van der Waals surface area contributed by atoms with Crippen LogP contribution in [0.15, 0.2) is 51.3 Å². The van der Waals surface area contributed by atoms with Crippen molar-refractivity contribution in [2.75, 3.05) is 11.2 Å². The van der Waals surface area contributed by atoms with Crippen molar-refractivity contribution >= 4 is 34.0 Å². The van der Waals surface area contributed by atoms with E-state index in [-0.39, 0.29) is 11.2 Å². The standard InChI is InChI=1S/C24H27N5OS2/c1-13(2)14-6-8-15(9-7-14)19-16(12-25)21(26)29(22-27-28-23(31-5)32-22)17-10-24(3,4)11-18(30)20(17)19/h6-9,13,19H,10-11,26H2,1-5H3. The molecule has 1 aliphatic carbocycles. The minimum absolute atomic E-state index is 0.0639. The van der Waals surface area contributed by atoms with Gasteiger partial charge in [0.15, 0.2) is 10.1 Å². The molecular formula is C24H27N5OS2. The molecule has 2 heterocycles. The highest BCUT2D eigenvalue weighted by Crippen LogP contribution is 2.50. The quantitative estimate of drug-likeness (QED) is 0.610. The van der Waals surface area contributed by atoms with Crippen LogP contribution in [0.3, 0.4) is 0 Å². The van der Waals surface area contributed by atoms with Crippen LogP contribution in [0.5, 0.6) is 0 Å².